The minimum absolute atomic E-state index is 0.415. The third kappa shape index (κ3) is 3.15. The summed E-state index contributed by atoms with van der Waals surface area (Å²) in [5, 5.41) is 12.6. The Balaban J connectivity index is 2.22. The van der Waals surface area contributed by atoms with Gasteiger partial charge in [-0.3, -0.25) is 0 Å². The van der Waals surface area contributed by atoms with Crippen molar-refractivity contribution in [2.24, 2.45) is 0 Å². The van der Waals surface area contributed by atoms with E-state index in [-0.39, 0.29) is 0 Å². The molecule has 0 aliphatic heterocycles. The first-order valence-corrected chi connectivity index (χ1v) is 6.17. The third-order valence-electron chi connectivity index (χ3n) is 2.43. The van der Waals surface area contributed by atoms with E-state index in [0.717, 1.165) is 5.69 Å². The van der Waals surface area contributed by atoms with Gasteiger partial charge in [0.1, 0.15) is 6.07 Å². The quantitative estimate of drug-likeness (QED) is 0.922. The summed E-state index contributed by atoms with van der Waals surface area (Å²) < 4.78 is 5.26. The second kappa shape index (κ2) is 6.07. The molecule has 0 spiro atoms. The molecular formula is C14H12ClN3O. The van der Waals surface area contributed by atoms with Crippen molar-refractivity contribution in [3.05, 3.63) is 47.1 Å². The molecular weight excluding hydrogens is 262 g/mol. The van der Waals surface area contributed by atoms with E-state index >= 15 is 0 Å². The van der Waals surface area contributed by atoms with E-state index in [2.05, 4.69) is 16.4 Å². The number of nitriles is 1. The summed E-state index contributed by atoms with van der Waals surface area (Å²) in [6.07, 6.45) is 1.65. The van der Waals surface area contributed by atoms with Gasteiger partial charge in [-0.1, -0.05) is 17.7 Å². The number of anilines is 2. The summed E-state index contributed by atoms with van der Waals surface area (Å²) in [5.41, 5.74) is 1.83. The van der Waals surface area contributed by atoms with Crippen LogP contribution in [0.5, 0.6) is 5.88 Å². The van der Waals surface area contributed by atoms with Crippen molar-refractivity contribution < 1.29 is 4.74 Å². The van der Waals surface area contributed by atoms with Gasteiger partial charge in [-0.05, 0) is 25.1 Å². The summed E-state index contributed by atoms with van der Waals surface area (Å²) in [6.45, 7) is 2.48. The number of ether oxygens (including phenoxy) is 1. The standard InChI is InChI=1S/C14H12ClN3O/c1-2-19-14-7-6-10(9-17-14)18-13-5-3-4-12(15)11(13)8-16/h3-7,9,18H,2H2,1H3. The van der Waals surface area contributed by atoms with Crippen molar-refractivity contribution in [1.29, 1.82) is 5.26 Å². The lowest BCUT2D eigenvalue weighted by molar-refractivity contribution is 0.327. The topological polar surface area (TPSA) is 57.9 Å². The molecule has 96 valence electrons. The molecule has 19 heavy (non-hydrogen) atoms. The van der Waals surface area contributed by atoms with Crippen molar-refractivity contribution in [3.63, 3.8) is 0 Å². The number of nitrogens with zero attached hydrogens (tertiary/aromatic N) is 2. The predicted molar refractivity (Wildman–Crippen MR) is 74.9 cm³/mol. The average molecular weight is 274 g/mol. The molecule has 0 bridgehead atoms. The van der Waals surface area contributed by atoms with Crippen LogP contribution in [0.25, 0.3) is 0 Å². The van der Waals surface area contributed by atoms with Crippen LogP contribution >= 0.6 is 11.6 Å². The molecule has 0 saturated carbocycles. The fourth-order valence-electron chi connectivity index (χ4n) is 1.58. The van der Waals surface area contributed by atoms with Gasteiger partial charge in [0.05, 0.1) is 34.8 Å². The maximum absolute atomic E-state index is 9.08. The van der Waals surface area contributed by atoms with Crippen LogP contribution in [0.15, 0.2) is 36.5 Å². The average Bonchev–Trinajstić information content (AvgIpc) is 2.42. The first-order valence-electron chi connectivity index (χ1n) is 5.79. The number of aromatic nitrogens is 1. The number of pyridine rings is 1. The van der Waals surface area contributed by atoms with Crippen LogP contribution in [-0.4, -0.2) is 11.6 Å². The summed E-state index contributed by atoms with van der Waals surface area (Å²) >= 11 is 5.96. The molecule has 2 rings (SSSR count). The smallest absolute Gasteiger partial charge is 0.213 e. The van der Waals surface area contributed by atoms with Gasteiger partial charge in [0, 0.05) is 6.07 Å². The maximum Gasteiger partial charge on any atom is 0.213 e. The Bertz CT molecular complexity index is 605. The summed E-state index contributed by atoms with van der Waals surface area (Å²) in [5.74, 6) is 0.569. The van der Waals surface area contributed by atoms with Gasteiger partial charge < -0.3 is 10.1 Å². The van der Waals surface area contributed by atoms with E-state index in [1.807, 2.05) is 13.0 Å². The molecule has 1 N–H and O–H groups in total. The van der Waals surface area contributed by atoms with Crippen LogP contribution in [-0.2, 0) is 0 Å². The minimum Gasteiger partial charge on any atom is -0.478 e. The molecule has 0 saturated heterocycles. The van der Waals surface area contributed by atoms with Gasteiger partial charge in [0.25, 0.3) is 0 Å². The number of halogens is 1. The van der Waals surface area contributed by atoms with E-state index in [1.54, 1.807) is 30.5 Å². The zero-order valence-corrected chi connectivity index (χ0v) is 11.1. The molecule has 0 amide bonds. The molecule has 0 aliphatic rings. The first kappa shape index (κ1) is 13.2. The Morgan fingerprint density at radius 1 is 1.37 bits per heavy atom. The van der Waals surface area contributed by atoms with Gasteiger partial charge >= 0.3 is 0 Å². The molecule has 0 fully saturated rings. The lowest BCUT2D eigenvalue weighted by Crippen LogP contribution is -1.97. The lowest BCUT2D eigenvalue weighted by Gasteiger charge is -2.09. The Morgan fingerprint density at radius 2 is 2.21 bits per heavy atom. The number of rotatable bonds is 4. The summed E-state index contributed by atoms with van der Waals surface area (Å²) in [6, 6.07) is 10.9. The van der Waals surface area contributed by atoms with Crippen molar-refractivity contribution >= 4 is 23.0 Å². The molecule has 1 aromatic carbocycles. The van der Waals surface area contributed by atoms with Crippen molar-refractivity contribution in [2.75, 3.05) is 11.9 Å². The van der Waals surface area contributed by atoms with Crippen LogP contribution in [0.2, 0.25) is 5.02 Å². The number of hydrogen-bond donors (Lipinski definition) is 1. The lowest BCUT2D eigenvalue weighted by atomic mass is 10.2. The fraction of sp³-hybridized carbons (Fsp3) is 0.143. The van der Waals surface area contributed by atoms with E-state index in [9.17, 15) is 0 Å². The Hall–Kier alpha value is -2.25. The highest BCUT2D eigenvalue weighted by molar-refractivity contribution is 6.32. The van der Waals surface area contributed by atoms with Gasteiger partial charge in [-0.15, -0.1) is 0 Å². The van der Waals surface area contributed by atoms with Gasteiger partial charge in [-0.25, -0.2) is 4.98 Å². The third-order valence-corrected chi connectivity index (χ3v) is 2.75. The molecule has 0 unspecified atom stereocenters. The van der Waals surface area contributed by atoms with Crippen molar-refractivity contribution in [2.45, 2.75) is 6.92 Å². The number of hydrogen-bond acceptors (Lipinski definition) is 4. The minimum atomic E-state index is 0.415. The van der Waals surface area contributed by atoms with Crippen molar-refractivity contribution in [1.82, 2.24) is 4.98 Å². The highest BCUT2D eigenvalue weighted by atomic mass is 35.5. The van der Waals surface area contributed by atoms with E-state index < -0.39 is 0 Å². The van der Waals surface area contributed by atoms with E-state index in [1.165, 1.54) is 0 Å². The summed E-state index contributed by atoms with van der Waals surface area (Å²) in [7, 11) is 0. The van der Waals surface area contributed by atoms with Crippen LogP contribution < -0.4 is 10.1 Å². The highest BCUT2D eigenvalue weighted by Crippen LogP contribution is 2.26. The largest absolute Gasteiger partial charge is 0.478 e. The second-order valence-corrected chi connectivity index (χ2v) is 4.12. The van der Waals surface area contributed by atoms with Crippen LogP contribution in [0.4, 0.5) is 11.4 Å². The molecule has 1 heterocycles. The van der Waals surface area contributed by atoms with Crippen molar-refractivity contribution in [3.8, 4) is 11.9 Å². The molecule has 5 heteroatoms. The fourth-order valence-corrected chi connectivity index (χ4v) is 1.80. The maximum atomic E-state index is 9.08. The summed E-state index contributed by atoms with van der Waals surface area (Å²) in [4.78, 5) is 4.14. The molecule has 0 atom stereocenters. The Morgan fingerprint density at radius 3 is 2.84 bits per heavy atom. The molecule has 1 aromatic heterocycles. The van der Waals surface area contributed by atoms with Crippen LogP contribution in [0.1, 0.15) is 12.5 Å². The van der Waals surface area contributed by atoms with E-state index in [0.29, 0.717) is 28.8 Å². The van der Waals surface area contributed by atoms with Gasteiger partial charge in [0.15, 0.2) is 0 Å². The SMILES string of the molecule is CCOc1ccc(Nc2cccc(Cl)c2C#N)cn1. The normalized spacial score (nSPS) is 9.74. The zero-order chi connectivity index (χ0) is 13.7. The van der Waals surface area contributed by atoms with Gasteiger partial charge in [-0.2, -0.15) is 5.26 Å². The van der Waals surface area contributed by atoms with Crippen LogP contribution in [0.3, 0.4) is 0 Å². The van der Waals surface area contributed by atoms with Gasteiger partial charge in [0.2, 0.25) is 5.88 Å². The number of benzene rings is 1. The molecule has 4 nitrogen and oxygen atoms in total. The Labute approximate surface area is 116 Å². The first-order chi connectivity index (χ1) is 9.24. The molecule has 0 aliphatic carbocycles. The second-order valence-electron chi connectivity index (χ2n) is 3.72. The molecule has 0 radical (unpaired) electrons. The highest BCUT2D eigenvalue weighted by Gasteiger charge is 2.06. The van der Waals surface area contributed by atoms with Crippen LogP contribution in [0, 0.1) is 11.3 Å². The number of nitrogens with one attached hydrogen (secondary N) is 1. The predicted octanol–water partition coefficient (Wildman–Crippen LogP) is 3.75. The Kier molecular flexibility index (Phi) is 4.22. The van der Waals surface area contributed by atoms with E-state index in [4.69, 9.17) is 21.6 Å². The zero-order valence-electron chi connectivity index (χ0n) is 10.4. The monoisotopic (exact) mass is 273 g/mol. The molecule has 2 aromatic rings.